The monoisotopic (exact) mass is 306 g/mol. The normalized spacial score (nSPS) is 19.1. The summed E-state index contributed by atoms with van der Waals surface area (Å²) in [6, 6.07) is 25.7. The fourth-order valence-electron chi connectivity index (χ4n) is 3.38. The Kier molecular flexibility index (Phi) is 2.96. The molecule has 0 amide bonds. The Morgan fingerprint density at radius 2 is 1.38 bits per heavy atom. The zero-order valence-corrected chi connectivity index (χ0v) is 13.5. The molecule has 0 spiro atoms. The first-order chi connectivity index (χ1) is 10.2. The third-order valence-corrected chi connectivity index (χ3v) is 5.61. The van der Waals surface area contributed by atoms with Crippen LogP contribution in [0.15, 0.2) is 77.7 Å². The molecule has 0 saturated carbocycles. The number of benzene rings is 3. The van der Waals surface area contributed by atoms with E-state index in [1.54, 1.807) is 0 Å². The van der Waals surface area contributed by atoms with Gasteiger partial charge in [-0.2, -0.15) is 0 Å². The molecule has 2 unspecified atom stereocenters. The third kappa shape index (κ3) is 1.75. The fraction of sp³-hybridized carbons (Fsp3) is 0.0526. The van der Waals surface area contributed by atoms with Crippen molar-refractivity contribution >= 4 is 21.9 Å². The van der Waals surface area contributed by atoms with E-state index in [1.165, 1.54) is 27.8 Å². The first kappa shape index (κ1) is 13.1. The highest BCUT2D eigenvalue weighted by Crippen LogP contribution is 2.57. The molecule has 1 aliphatic rings. The average molecular weight is 306 g/mol. The summed E-state index contributed by atoms with van der Waals surface area (Å²) < 4.78 is 0. The lowest BCUT2D eigenvalue weighted by molar-refractivity contribution is 0.904. The van der Waals surface area contributed by atoms with E-state index in [0.717, 1.165) is 4.90 Å². The van der Waals surface area contributed by atoms with Gasteiger partial charge >= 0.3 is 0 Å². The highest BCUT2D eigenvalue weighted by molar-refractivity contribution is 7.80. The summed E-state index contributed by atoms with van der Waals surface area (Å²) in [5.41, 5.74) is 6.49. The van der Waals surface area contributed by atoms with Gasteiger partial charge in [-0.1, -0.05) is 66.7 Å². The maximum atomic E-state index is 4.74. The lowest BCUT2D eigenvalue weighted by Gasteiger charge is -2.29. The van der Waals surface area contributed by atoms with Crippen molar-refractivity contribution in [3.63, 3.8) is 0 Å². The van der Waals surface area contributed by atoms with Crippen LogP contribution >= 0.6 is 21.9 Å². The summed E-state index contributed by atoms with van der Waals surface area (Å²) in [5.74, 6) is 0. The SMILES string of the molecule is PC1(c2ccccc2)c2ccccc2-c2cccc(S)c21. The number of rotatable bonds is 1. The highest BCUT2D eigenvalue weighted by Gasteiger charge is 2.41. The van der Waals surface area contributed by atoms with Gasteiger partial charge in [0.15, 0.2) is 0 Å². The maximum absolute atomic E-state index is 4.74. The Bertz CT molecular complexity index is 826. The molecule has 3 aromatic carbocycles. The molecule has 0 saturated heterocycles. The molecule has 0 aliphatic heterocycles. The molecule has 0 fully saturated rings. The van der Waals surface area contributed by atoms with Crippen LogP contribution in [0.25, 0.3) is 11.1 Å². The largest absolute Gasteiger partial charge is 0.143 e. The van der Waals surface area contributed by atoms with Crippen molar-refractivity contribution in [3.8, 4) is 11.1 Å². The third-order valence-electron chi connectivity index (χ3n) is 4.31. The molecule has 4 rings (SSSR count). The first-order valence-electron chi connectivity index (χ1n) is 6.99. The Hall–Kier alpha value is -1.56. The molecule has 0 aromatic heterocycles. The van der Waals surface area contributed by atoms with Crippen molar-refractivity contribution in [1.82, 2.24) is 0 Å². The van der Waals surface area contributed by atoms with Gasteiger partial charge in [-0.3, -0.25) is 0 Å². The summed E-state index contributed by atoms with van der Waals surface area (Å²) in [6.07, 6.45) is 0. The molecule has 1 aliphatic carbocycles. The van der Waals surface area contributed by atoms with Crippen molar-refractivity contribution in [1.29, 1.82) is 0 Å². The molecule has 0 nitrogen and oxygen atoms in total. The number of hydrogen-bond donors (Lipinski definition) is 1. The minimum Gasteiger partial charge on any atom is -0.143 e. The van der Waals surface area contributed by atoms with E-state index in [1.807, 2.05) is 0 Å². The van der Waals surface area contributed by atoms with Crippen molar-refractivity contribution in [2.75, 3.05) is 0 Å². The Morgan fingerprint density at radius 3 is 2.19 bits per heavy atom. The second-order valence-corrected chi connectivity index (χ2v) is 6.77. The molecule has 0 bridgehead atoms. The van der Waals surface area contributed by atoms with E-state index in [-0.39, 0.29) is 5.16 Å². The Morgan fingerprint density at radius 1 is 0.714 bits per heavy atom. The first-order valence-corrected chi connectivity index (χ1v) is 8.02. The van der Waals surface area contributed by atoms with Crippen LogP contribution in [0.4, 0.5) is 0 Å². The van der Waals surface area contributed by atoms with Gasteiger partial charge in [0.1, 0.15) is 0 Å². The predicted octanol–water partition coefficient (Wildman–Crippen LogP) is 5.12. The summed E-state index contributed by atoms with van der Waals surface area (Å²) in [4.78, 5) is 1.04. The molecule has 102 valence electrons. The van der Waals surface area contributed by atoms with Gasteiger partial charge in [0.25, 0.3) is 0 Å². The molecular formula is C19H15PS. The minimum atomic E-state index is -0.217. The highest BCUT2D eigenvalue weighted by atomic mass is 32.1. The lowest BCUT2D eigenvalue weighted by Crippen LogP contribution is -2.18. The molecule has 3 aromatic rings. The van der Waals surface area contributed by atoms with E-state index >= 15 is 0 Å². The quantitative estimate of drug-likeness (QED) is 0.468. The number of thiol groups is 1. The van der Waals surface area contributed by atoms with Crippen LogP contribution in [-0.2, 0) is 5.16 Å². The lowest BCUT2D eigenvalue weighted by atomic mass is 9.88. The topological polar surface area (TPSA) is 0 Å². The fourth-order valence-corrected chi connectivity index (χ4v) is 4.64. The van der Waals surface area contributed by atoms with Gasteiger partial charge in [-0.15, -0.1) is 21.9 Å². The van der Waals surface area contributed by atoms with Gasteiger partial charge in [0, 0.05) is 4.90 Å². The Balaban J connectivity index is 2.13. The molecule has 2 atom stereocenters. The summed E-state index contributed by atoms with van der Waals surface area (Å²) in [5, 5.41) is -0.217. The van der Waals surface area contributed by atoms with Gasteiger partial charge in [-0.05, 0) is 33.9 Å². The molecular weight excluding hydrogens is 291 g/mol. The van der Waals surface area contributed by atoms with E-state index in [4.69, 9.17) is 12.6 Å². The van der Waals surface area contributed by atoms with Crippen LogP contribution < -0.4 is 0 Å². The second kappa shape index (κ2) is 4.73. The molecule has 0 radical (unpaired) electrons. The molecule has 0 heterocycles. The molecule has 0 N–H and O–H groups in total. The summed E-state index contributed by atoms with van der Waals surface area (Å²) >= 11 is 4.74. The van der Waals surface area contributed by atoms with Crippen LogP contribution in [-0.4, -0.2) is 0 Å². The van der Waals surface area contributed by atoms with Crippen molar-refractivity contribution < 1.29 is 0 Å². The van der Waals surface area contributed by atoms with Gasteiger partial charge in [-0.25, -0.2) is 0 Å². The van der Waals surface area contributed by atoms with Crippen LogP contribution in [0, 0.1) is 0 Å². The standard InChI is InChI=1S/C19H15PS/c20-19(13-7-2-1-3-8-13)16-11-5-4-9-14(16)15-10-6-12-17(21)18(15)19/h1-12,21H,20H2. The van der Waals surface area contributed by atoms with Crippen LogP contribution in [0.1, 0.15) is 16.7 Å². The summed E-state index contributed by atoms with van der Waals surface area (Å²) in [7, 11) is 3.09. The smallest absolute Gasteiger partial charge is 0.0614 e. The average Bonchev–Trinajstić information content (AvgIpc) is 2.81. The van der Waals surface area contributed by atoms with Crippen LogP contribution in [0.3, 0.4) is 0 Å². The van der Waals surface area contributed by atoms with Crippen LogP contribution in [0.5, 0.6) is 0 Å². The van der Waals surface area contributed by atoms with Crippen molar-refractivity contribution in [2.45, 2.75) is 10.1 Å². The molecule has 2 heteroatoms. The van der Waals surface area contributed by atoms with Crippen LogP contribution in [0.2, 0.25) is 0 Å². The van der Waals surface area contributed by atoms with Gasteiger partial charge in [0.2, 0.25) is 0 Å². The molecule has 21 heavy (non-hydrogen) atoms. The minimum absolute atomic E-state index is 0.217. The van der Waals surface area contributed by atoms with Crippen molar-refractivity contribution in [2.24, 2.45) is 0 Å². The van der Waals surface area contributed by atoms with E-state index in [2.05, 4.69) is 82.0 Å². The van der Waals surface area contributed by atoms with Crippen molar-refractivity contribution in [3.05, 3.63) is 89.5 Å². The zero-order chi connectivity index (χ0) is 14.4. The zero-order valence-electron chi connectivity index (χ0n) is 11.5. The number of fused-ring (bicyclic) bond motifs is 3. The van der Waals surface area contributed by atoms with E-state index < -0.39 is 0 Å². The maximum Gasteiger partial charge on any atom is 0.0614 e. The predicted molar refractivity (Wildman–Crippen MR) is 95.2 cm³/mol. The Labute approximate surface area is 132 Å². The van der Waals surface area contributed by atoms with Gasteiger partial charge < -0.3 is 0 Å². The number of hydrogen-bond acceptors (Lipinski definition) is 1. The van der Waals surface area contributed by atoms with E-state index in [0.29, 0.717) is 0 Å². The summed E-state index contributed by atoms with van der Waals surface area (Å²) in [6.45, 7) is 0. The van der Waals surface area contributed by atoms with E-state index in [9.17, 15) is 0 Å². The second-order valence-electron chi connectivity index (χ2n) is 5.42. The van der Waals surface area contributed by atoms with Gasteiger partial charge in [0.05, 0.1) is 5.16 Å².